The molecule has 1 aromatic heterocycles. The van der Waals surface area contributed by atoms with E-state index >= 15 is 0 Å². The van der Waals surface area contributed by atoms with Gasteiger partial charge in [0.05, 0.1) is 11.9 Å². The van der Waals surface area contributed by atoms with Gasteiger partial charge < -0.3 is 4.72 Å². The Morgan fingerprint density at radius 1 is 1.78 bits per heavy atom. The smallest absolute Gasteiger partial charge is 0.0758 e. The molecule has 0 saturated heterocycles. The first kappa shape index (κ1) is 7.24. The summed E-state index contributed by atoms with van der Waals surface area (Å²) in [4.78, 5) is 0. The zero-order chi connectivity index (χ0) is 6.53. The molecule has 1 aromatic rings. The first-order valence-electron chi connectivity index (χ1n) is 2.28. The second kappa shape index (κ2) is 4.03. The summed E-state index contributed by atoms with van der Waals surface area (Å²) in [5.74, 6) is 0. The third-order valence-electron chi connectivity index (χ3n) is 0.675. The van der Waals surface area contributed by atoms with Crippen LogP contribution in [0.3, 0.4) is 0 Å². The quantitative estimate of drug-likeness (QED) is 0.568. The zero-order valence-electron chi connectivity index (χ0n) is 4.83. The van der Waals surface area contributed by atoms with E-state index in [1.54, 1.807) is 21.8 Å². The minimum Gasteiger partial charge on any atom is -0.318 e. The summed E-state index contributed by atoms with van der Waals surface area (Å²) in [6, 6.07) is 0. The fourth-order valence-corrected chi connectivity index (χ4v) is 1.72. The van der Waals surface area contributed by atoms with Crippen molar-refractivity contribution in [2.45, 2.75) is 0 Å². The van der Waals surface area contributed by atoms with Gasteiger partial charge in [0, 0.05) is 16.4 Å². The Morgan fingerprint density at radius 2 is 2.67 bits per heavy atom. The minimum atomic E-state index is 1.08. The molecule has 0 unspecified atom stereocenters. The Kier molecular flexibility index (Phi) is 3.24. The van der Waals surface area contributed by atoms with Crippen LogP contribution < -0.4 is 4.72 Å². The summed E-state index contributed by atoms with van der Waals surface area (Å²) in [6.45, 7) is 0. The topological polar surface area (TPSA) is 24.9 Å². The van der Waals surface area contributed by atoms with Gasteiger partial charge in [0.25, 0.3) is 0 Å². The van der Waals surface area contributed by atoms with Crippen molar-refractivity contribution in [2.75, 3.05) is 11.0 Å². The largest absolute Gasteiger partial charge is 0.318 e. The number of anilines is 1. The van der Waals surface area contributed by atoms with Crippen molar-refractivity contribution >= 4 is 39.0 Å². The van der Waals surface area contributed by atoms with Crippen LogP contribution in [0.5, 0.6) is 0 Å². The van der Waals surface area contributed by atoms with E-state index in [0.29, 0.717) is 0 Å². The number of aromatic nitrogens is 1. The third-order valence-corrected chi connectivity index (χ3v) is 2.50. The highest BCUT2D eigenvalue weighted by Gasteiger charge is 1.88. The predicted molar refractivity (Wildman–Crippen MR) is 46.8 cm³/mol. The molecule has 0 aromatic carbocycles. The number of nitrogens with one attached hydrogen (secondary N) is 1. The molecule has 1 N–H and O–H groups in total. The number of hydrogen-bond acceptors (Lipinski definition) is 5. The van der Waals surface area contributed by atoms with Crippen LogP contribution in [0.15, 0.2) is 11.6 Å². The first-order chi connectivity index (χ1) is 4.43. The summed E-state index contributed by atoms with van der Waals surface area (Å²) in [5.41, 5.74) is 1.08. The molecular formula is C4H6N2S3. The fraction of sp³-hybridized carbons (Fsp3) is 0.250. The summed E-state index contributed by atoms with van der Waals surface area (Å²) >= 11 is 1.45. The maximum absolute atomic E-state index is 3.93. The van der Waals surface area contributed by atoms with Crippen molar-refractivity contribution in [1.29, 1.82) is 0 Å². The van der Waals surface area contributed by atoms with Gasteiger partial charge in [-0.25, -0.2) is 0 Å². The second-order valence-electron chi connectivity index (χ2n) is 1.27. The normalized spacial score (nSPS) is 9.44. The Morgan fingerprint density at radius 3 is 3.22 bits per heavy atom. The maximum Gasteiger partial charge on any atom is 0.0758 e. The van der Waals surface area contributed by atoms with Gasteiger partial charge in [-0.1, -0.05) is 10.8 Å². The molecule has 0 fully saturated rings. The second-order valence-corrected chi connectivity index (χ2v) is 4.13. The summed E-state index contributed by atoms with van der Waals surface area (Å²) in [5, 5.41) is 1.98. The van der Waals surface area contributed by atoms with Crippen LogP contribution in [0.2, 0.25) is 0 Å². The first-order valence-corrected chi connectivity index (χ1v) is 5.68. The molecule has 0 atom stereocenters. The van der Waals surface area contributed by atoms with Crippen molar-refractivity contribution in [2.24, 2.45) is 0 Å². The zero-order valence-corrected chi connectivity index (χ0v) is 7.28. The van der Waals surface area contributed by atoms with Gasteiger partial charge in [-0.05, 0) is 17.8 Å². The summed E-state index contributed by atoms with van der Waals surface area (Å²) in [7, 11) is 3.28. The van der Waals surface area contributed by atoms with E-state index in [2.05, 4.69) is 9.10 Å². The number of nitrogens with zero attached hydrogens (tertiary/aromatic N) is 1. The van der Waals surface area contributed by atoms with Crippen LogP contribution in [-0.4, -0.2) is 10.6 Å². The van der Waals surface area contributed by atoms with Crippen LogP contribution in [0.4, 0.5) is 5.69 Å². The van der Waals surface area contributed by atoms with E-state index in [4.69, 9.17) is 0 Å². The molecule has 0 amide bonds. The van der Waals surface area contributed by atoms with Crippen molar-refractivity contribution < 1.29 is 0 Å². The van der Waals surface area contributed by atoms with E-state index in [1.165, 1.54) is 11.5 Å². The highest BCUT2D eigenvalue weighted by Crippen LogP contribution is 2.20. The predicted octanol–water partition coefficient (Wildman–Crippen LogP) is 2.48. The lowest BCUT2D eigenvalue weighted by molar-refractivity contribution is 1.58. The molecule has 0 radical (unpaired) electrons. The van der Waals surface area contributed by atoms with E-state index in [1.807, 2.05) is 17.8 Å². The van der Waals surface area contributed by atoms with Gasteiger partial charge in [0.15, 0.2) is 0 Å². The van der Waals surface area contributed by atoms with Crippen LogP contribution >= 0.6 is 33.3 Å². The number of rotatable bonds is 3. The highest BCUT2D eigenvalue weighted by molar-refractivity contribution is 8.76. The Balaban J connectivity index is 2.30. The van der Waals surface area contributed by atoms with E-state index in [9.17, 15) is 0 Å². The molecule has 0 spiro atoms. The van der Waals surface area contributed by atoms with Crippen LogP contribution in [0, 0.1) is 0 Å². The monoisotopic (exact) mass is 178 g/mol. The average molecular weight is 178 g/mol. The summed E-state index contributed by atoms with van der Waals surface area (Å²) < 4.78 is 7.03. The van der Waals surface area contributed by atoms with Crippen LogP contribution in [0.25, 0.3) is 0 Å². The van der Waals surface area contributed by atoms with Crippen molar-refractivity contribution in [1.82, 2.24) is 4.37 Å². The lowest BCUT2D eigenvalue weighted by atomic mass is 10.6. The molecule has 0 saturated carbocycles. The van der Waals surface area contributed by atoms with Gasteiger partial charge in [-0.3, -0.25) is 0 Å². The lowest BCUT2D eigenvalue weighted by Gasteiger charge is -1.94. The highest BCUT2D eigenvalue weighted by atomic mass is 33.1. The molecule has 0 bridgehead atoms. The Bertz CT molecular complexity index is 151. The van der Waals surface area contributed by atoms with Gasteiger partial charge in [0.2, 0.25) is 0 Å². The van der Waals surface area contributed by atoms with Crippen molar-refractivity contribution in [3.8, 4) is 0 Å². The fourth-order valence-electron chi connectivity index (χ4n) is 0.345. The molecule has 0 aliphatic rings. The van der Waals surface area contributed by atoms with Crippen molar-refractivity contribution in [3.63, 3.8) is 0 Å². The van der Waals surface area contributed by atoms with Crippen LogP contribution in [0.1, 0.15) is 0 Å². The van der Waals surface area contributed by atoms with Crippen molar-refractivity contribution in [3.05, 3.63) is 11.6 Å². The third kappa shape index (κ3) is 2.47. The molecule has 5 heteroatoms. The lowest BCUT2D eigenvalue weighted by Crippen LogP contribution is -1.76. The van der Waals surface area contributed by atoms with E-state index in [-0.39, 0.29) is 0 Å². The molecule has 50 valence electrons. The molecular weight excluding hydrogens is 172 g/mol. The average Bonchev–Trinajstić information content (AvgIpc) is 2.34. The Labute approximate surface area is 66.1 Å². The van der Waals surface area contributed by atoms with Gasteiger partial charge in [-0.15, -0.1) is 0 Å². The van der Waals surface area contributed by atoms with E-state index in [0.717, 1.165) is 5.69 Å². The van der Waals surface area contributed by atoms with E-state index < -0.39 is 0 Å². The standard InChI is InChI=1S/C4H6N2S3/c1-7-9-6-4-2-5-8-3-4/h2-3,6H,1H3. The maximum atomic E-state index is 3.93. The molecule has 2 nitrogen and oxygen atoms in total. The SMILES string of the molecule is CSSNc1cnsc1. The molecule has 0 aliphatic carbocycles. The molecule has 9 heavy (non-hydrogen) atoms. The van der Waals surface area contributed by atoms with Gasteiger partial charge in [-0.2, -0.15) is 4.37 Å². The number of hydrogen-bond donors (Lipinski definition) is 1. The Hall–Kier alpha value is 0.130. The minimum absolute atomic E-state index is 1.08. The van der Waals surface area contributed by atoms with Gasteiger partial charge >= 0.3 is 0 Å². The summed E-state index contributed by atoms with van der Waals surface area (Å²) in [6.07, 6.45) is 3.84. The molecule has 1 heterocycles. The molecule has 1 rings (SSSR count). The van der Waals surface area contributed by atoms with Gasteiger partial charge in [0.1, 0.15) is 0 Å². The van der Waals surface area contributed by atoms with Crippen LogP contribution in [-0.2, 0) is 0 Å². The molecule has 0 aliphatic heterocycles.